The summed E-state index contributed by atoms with van der Waals surface area (Å²) in [6, 6.07) is 5.81. The minimum Gasteiger partial charge on any atom is -0.467 e. The third kappa shape index (κ3) is 3.03. The summed E-state index contributed by atoms with van der Waals surface area (Å²) < 4.78 is 56.9. The van der Waals surface area contributed by atoms with Gasteiger partial charge in [0.25, 0.3) is 0 Å². The van der Waals surface area contributed by atoms with Gasteiger partial charge in [-0.1, -0.05) is 6.07 Å². The molecular weight excluding hydrogens is 292 g/mol. The molecule has 2 N–H and O–H groups in total. The van der Waals surface area contributed by atoms with Crippen LogP contribution in [0.15, 0.2) is 45.9 Å². The van der Waals surface area contributed by atoms with Gasteiger partial charge in [0.15, 0.2) is 11.6 Å². The summed E-state index contributed by atoms with van der Waals surface area (Å²) in [4.78, 5) is -0.816. The lowest BCUT2D eigenvalue weighted by Gasteiger charge is -2.11. The highest BCUT2D eigenvalue weighted by Gasteiger charge is 2.23. The maximum atomic E-state index is 13.4. The highest BCUT2D eigenvalue weighted by molar-refractivity contribution is 7.89. The number of nitrogens with one attached hydrogen (secondary N) is 1. The van der Waals surface area contributed by atoms with Gasteiger partial charge in [-0.3, -0.25) is 0 Å². The smallest absolute Gasteiger partial charge is 0.243 e. The third-order valence-corrected chi connectivity index (χ3v) is 3.99. The molecule has 0 aliphatic heterocycles. The maximum Gasteiger partial charge on any atom is 0.243 e. The molecule has 8 heteroatoms. The second kappa shape index (κ2) is 5.70. The Morgan fingerprint density at radius 2 is 2.00 bits per heavy atom. The first-order valence-electron chi connectivity index (χ1n) is 5.57. The first-order valence-corrected chi connectivity index (χ1v) is 7.05. The van der Waals surface area contributed by atoms with E-state index in [1.165, 1.54) is 18.4 Å². The number of furan rings is 1. The molecule has 0 radical (unpaired) electrons. The molecule has 1 heterocycles. The number of aliphatic hydroxyl groups is 1. The Balaban J connectivity index is 2.14. The molecule has 0 aliphatic carbocycles. The van der Waals surface area contributed by atoms with E-state index in [1.807, 2.05) is 4.72 Å². The highest BCUT2D eigenvalue weighted by atomic mass is 32.2. The first kappa shape index (κ1) is 14.6. The summed E-state index contributed by atoms with van der Waals surface area (Å²) in [7, 11) is -4.27. The molecular formula is C12H11F2NO4S. The Kier molecular flexibility index (Phi) is 4.17. The van der Waals surface area contributed by atoms with E-state index in [0.717, 1.165) is 18.2 Å². The number of hydrogen-bond donors (Lipinski definition) is 2. The van der Waals surface area contributed by atoms with Gasteiger partial charge in [0.2, 0.25) is 10.0 Å². The summed E-state index contributed by atoms with van der Waals surface area (Å²) in [6.45, 7) is -0.425. The van der Waals surface area contributed by atoms with E-state index in [-0.39, 0.29) is 5.76 Å². The molecule has 0 saturated heterocycles. The predicted molar refractivity (Wildman–Crippen MR) is 65.2 cm³/mol. The van der Waals surface area contributed by atoms with Gasteiger partial charge in [0, 0.05) is 6.54 Å². The Morgan fingerprint density at radius 3 is 2.65 bits per heavy atom. The van der Waals surface area contributed by atoms with Crippen molar-refractivity contribution >= 4 is 10.0 Å². The normalized spacial score (nSPS) is 13.3. The molecule has 1 atom stereocenters. The van der Waals surface area contributed by atoms with E-state index in [2.05, 4.69) is 0 Å². The number of benzene rings is 1. The fourth-order valence-corrected chi connectivity index (χ4v) is 2.66. The summed E-state index contributed by atoms with van der Waals surface area (Å²) in [5.41, 5.74) is 0. The number of aliphatic hydroxyl groups excluding tert-OH is 1. The van der Waals surface area contributed by atoms with E-state index in [4.69, 9.17) is 4.42 Å². The van der Waals surface area contributed by atoms with Crippen molar-refractivity contribution in [3.8, 4) is 0 Å². The minimum absolute atomic E-state index is 0.160. The average Bonchev–Trinajstić information content (AvgIpc) is 2.93. The van der Waals surface area contributed by atoms with Crippen LogP contribution in [-0.4, -0.2) is 20.1 Å². The van der Waals surface area contributed by atoms with E-state index in [9.17, 15) is 22.3 Å². The van der Waals surface area contributed by atoms with Crippen molar-refractivity contribution in [2.75, 3.05) is 6.54 Å². The summed E-state index contributed by atoms with van der Waals surface area (Å²) in [6.07, 6.45) is 0.0932. The van der Waals surface area contributed by atoms with Crippen molar-refractivity contribution in [3.63, 3.8) is 0 Å². The van der Waals surface area contributed by atoms with Crippen LogP contribution < -0.4 is 4.72 Å². The molecule has 0 aliphatic rings. The van der Waals surface area contributed by atoms with Crippen molar-refractivity contribution < 1.29 is 26.7 Å². The molecule has 0 saturated carbocycles. The topological polar surface area (TPSA) is 79.5 Å². The second-order valence-electron chi connectivity index (χ2n) is 3.94. The van der Waals surface area contributed by atoms with Gasteiger partial charge in [-0.15, -0.1) is 0 Å². The van der Waals surface area contributed by atoms with Crippen LogP contribution in [0, 0.1) is 11.6 Å². The number of rotatable bonds is 5. The molecule has 20 heavy (non-hydrogen) atoms. The molecule has 0 bridgehead atoms. The zero-order valence-electron chi connectivity index (χ0n) is 10.1. The highest BCUT2D eigenvalue weighted by Crippen LogP contribution is 2.18. The summed E-state index contributed by atoms with van der Waals surface area (Å²) >= 11 is 0. The van der Waals surface area contributed by atoms with Gasteiger partial charge in [0.1, 0.15) is 16.8 Å². The molecule has 5 nitrogen and oxygen atoms in total. The summed E-state index contributed by atoms with van der Waals surface area (Å²) in [5.74, 6) is -2.57. The van der Waals surface area contributed by atoms with Gasteiger partial charge in [-0.05, 0) is 24.3 Å². The van der Waals surface area contributed by atoms with Crippen molar-refractivity contribution in [2.24, 2.45) is 0 Å². The molecule has 0 spiro atoms. The van der Waals surface area contributed by atoms with Crippen LogP contribution in [0.25, 0.3) is 0 Å². The Labute approximate surface area is 113 Å². The molecule has 108 valence electrons. The van der Waals surface area contributed by atoms with Crippen LogP contribution >= 0.6 is 0 Å². The van der Waals surface area contributed by atoms with Crippen molar-refractivity contribution in [3.05, 3.63) is 54.0 Å². The van der Waals surface area contributed by atoms with Gasteiger partial charge < -0.3 is 9.52 Å². The SMILES string of the molecule is O=S(=O)(NCC(O)c1ccco1)c1cccc(F)c1F. The van der Waals surface area contributed by atoms with Crippen molar-refractivity contribution in [2.45, 2.75) is 11.0 Å². The lowest BCUT2D eigenvalue weighted by Crippen LogP contribution is -2.29. The molecule has 1 unspecified atom stereocenters. The number of halogens is 2. The zero-order valence-corrected chi connectivity index (χ0v) is 10.9. The van der Waals surface area contributed by atoms with Crippen molar-refractivity contribution in [1.29, 1.82) is 0 Å². The quantitative estimate of drug-likeness (QED) is 0.878. The van der Waals surface area contributed by atoms with Crippen LogP contribution in [-0.2, 0) is 10.0 Å². The minimum atomic E-state index is -4.27. The fourth-order valence-electron chi connectivity index (χ4n) is 1.54. The van der Waals surface area contributed by atoms with E-state index in [1.54, 1.807) is 0 Å². The second-order valence-corrected chi connectivity index (χ2v) is 5.67. The van der Waals surface area contributed by atoms with Crippen LogP contribution in [0.4, 0.5) is 8.78 Å². The Morgan fingerprint density at radius 1 is 1.25 bits per heavy atom. The van der Waals surface area contributed by atoms with Gasteiger partial charge in [-0.2, -0.15) is 0 Å². The monoisotopic (exact) mass is 303 g/mol. The molecule has 0 amide bonds. The van der Waals surface area contributed by atoms with Crippen LogP contribution in [0.2, 0.25) is 0 Å². The largest absolute Gasteiger partial charge is 0.467 e. The fraction of sp³-hybridized carbons (Fsp3) is 0.167. The Hall–Kier alpha value is -1.77. The number of hydrogen-bond acceptors (Lipinski definition) is 4. The summed E-state index contributed by atoms with van der Waals surface area (Å²) in [5, 5.41) is 9.66. The van der Waals surface area contributed by atoms with Gasteiger partial charge in [0.05, 0.1) is 6.26 Å². The third-order valence-electron chi connectivity index (χ3n) is 2.54. The van der Waals surface area contributed by atoms with E-state index >= 15 is 0 Å². The van der Waals surface area contributed by atoms with Crippen molar-refractivity contribution in [1.82, 2.24) is 4.72 Å². The predicted octanol–water partition coefficient (Wildman–Crippen LogP) is 1.57. The molecule has 2 rings (SSSR count). The van der Waals surface area contributed by atoms with Crippen LogP contribution in [0.1, 0.15) is 11.9 Å². The van der Waals surface area contributed by atoms with Crippen LogP contribution in [0.3, 0.4) is 0 Å². The Bertz CT molecular complexity index is 685. The van der Waals surface area contributed by atoms with Crippen LogP contribution in [0.5, 0.6) is 0 Å². The molecule has 1 aromatic carbocycles. The van der Waals surface area contributed by atoms with E-state index < -0.39 is 39.2 Å². The molecule has 0 fully saturated rings. The number of sulfonamides is 1. The first-order chi connectivity index (χ1) is 9.42. The molecule has 1 aromatic heterocycles. The van der Waals surface area contributed by atoms with Gasteiger partial charge in [-0.25, -0.2) is 21.9 Å². The van der Waals surface area contributed by atoms with Gasteiger partial charge >= 0.3 is 0 Å². The average molecular weight is 303 g/mol. The molecule has 2 aromatic rings. The lowest BCUT2D eigenvalue weighted by atomic mass is 10.3. The standard InChI is InChI=1S/C12H11F2NO4S/c13-8-3-1-5-11(12(8)14)20(17,18)15-7-9(16)10-4-2-6-19-10/h1-6,9,15-16H,7H2. The maximum absolute atomic E-state index is 13.4. The lowest BCUT2D eigenvalue weighted by molar-refractivity contribution is 0.154. The zero-order chi connectivity index (χ0) is 14.8. The van der Waals surface area contributed by atoms with E-state index in [0.29, 0.717) is 0 Å².